The van der Waals surface area contributed by atoms with Crippen LogP contribution in [0.25, 0.3) is 0 Å². The lowest BCUT2D eigenvalue weighted by molar-refractivity contribution is -0.145. The van der Waals surface area contributed by atoms with Crippen molar-refractivity contribution in [3.05, 3.63) is 34.3 Å². The monoisotopic (exact) mass is 313 g/mol. The highest BCUT2D eigenvalue weighted by molar-refractivity contribution is 9.10. The summed E-state index contributed by atoms with van der Waals surface area (Å²) in [4.78, 5) is 24.1. The minimum Gasteiger partial charge on any atom is -0.480 e. The van der Waals surface area contributed by atoms with Gasteiger partial charge in [0.15, 0.2) is 0 Å². The molecule has 0 atom stereocenters. The first-order valence-electron chi connectivity index (χ1n) is 5.48. The number of aliphatic carboxylic acids is 1. The molecule has 1 amide bonds. The number of rotatable bonds is 4. The average molecular weight is 314 g/mol. The second-order valence-corrected chi connectivity index (χ2v) is 5.61. The minimum atomic E-state index is -1.02. The number of nitrogens with zero attached hydrogens (tertiary/aromatic N) is 1. The zero-order valence-corrected chi connectivity index (χ0v) is 12.2. The van der Waals surface area contributed by atoms with Crippen LogP contribution < -0.4 is 0 Å². The van der Waals surface area contributed by atoms with E-state index in [1.54, 1.807) is 13.8 Å². The molecule has 1 rings (SSSR count). The predicted molar refractivity (Wildman–Crippen MR) is 72.4 cm³/mol. The molecule has 4 nitrogen and oxygen atoms in total. The van der Waals surface area contributed by atoms with E-state index >= 15 is 0 Å². The summed E-state index contributed by atoms with van der Waals surface area (Å²) in [5.41, 5.74) is 0.0904. The summed E-state index contributed by atoms with van der Waals surface area (Å²) in [6.07, 6.45) is 0. The van der Waals surface area contributed by atoms with Gasteiger partial charge in [0.05, 0.1) is 5.41 Å². The number of carboxylic acids is 1. The second kappa shape index (κ2) is 5.52. The topological polar surface area (TPSA) is 57.6 Å². The van der Waals surface area contributed by atoms with Crippen molar-refractivity contribution in [2.45, 2.75) is 19.3 Å². The maximum absolute atomic E-state index is 12.3. The van der Waals surface area contributed by atoms with Gasteiger partial charge in [0.2, 0.25) is 5.91 Å². The third kappa shape index (κ3) is 3.32. The minimum absolute atomic E-state index is 0.219. The van der Waals surface area contributed by atoms with Crippen molar-refractivity contribution in [1.29, 1.82) is 0 Å². The second-order valence-electron chi connectivity index (χ2n) is 4.69. The van der Waals surface area contributed by atoms with Gasteiger partial charge in [-0.25, -0.2) is 0 Å². The Morgan fingerprint density at radius 2 is 2.00 bits per heavy atom. The Labute approximate surface area is 115 Å². The lowest BCUT2D eigenvalue weighted by Gasteiger charge is -2.29. The van der Waals surface area contributed by atoms with Crippen LogP contribution in [0, 0.1) is 0 Å². The normalized spacial score (nSPS) is 11.1. The molecule has 98 valence electrons. The number of carbonyl (C=O) groups is 2. The Balaban J connectivity index is 2.99. The van der Waals surface area contributed by atoms with Crippen molar-refractivity contribution in [2.24, 2.45) is 0 Å². The number of carboxylic acid groups (broad SMARTS) is 1. The van der Waals surface area contributed by atoms with Crippen LogP contribution in [0.1, 0.15) is 19.4 Å². The van der Waals surface area contributed by atoms with E-state index in [4.69, 9.17) is 5.11 Å². The van der Waals surface area contributed by atoms with E-state index in [1.165, 1.54) is 11.9 Å². The third-order valence-corrected chi connectivity index (χ3v) is 3.29. The molecule has 5 heteroatoms. The van der Waals surface area contributed by atoms with E-state index in [-0.39, 0.29) is 12.5 Å². The van der Waals surface area contributed by atoms with Crippen LogP contribution in [0.4, 0.5) is 0 Å². The van der Waals surface area contributed by atoms with Crippen LogP contribution in [0.5, 0.6) is 0 Å². The molecule has 0 heterocycles. The summed E-state index contributed by atoms with van der Waals surface area (Å²) < 4.78 is 0.891. The van der Waals surface area contributed by atoms with Crippen molar-refractivity contribution in [1.82, 2.24) is 4.90 Å². The molecule has 1 aromatic carbocycles. The maximum atomic E-state index is 12.3. The molecule has 0 saturated carbocycles. The largest absolute Gasteiger partial charge is 0.480 e. The molecule has 0 saturated heterocycles. The van der Waals surface area contributed by atoms with Gasteiger partial charge >= 0.3 is 5.97 Å². The van der Waals surface area contributed by atoms with Crippen molar-refractivity contribution in [3.63, 3.8) is 0 Å². The number of hydrogen-bond donors (Lipinski definition) is 1. The van der Waals surface area contributed by atoms with Crippen LogP contribution >= 0.6 is 15.9 Å². The Bertz CT molecular complexity index is 471. The highest BCUT2D eigenvalue weighted by Gasteiger charge is 2.33. The summed E-state index contributed by atoms with van der Waals surface area (Å²) in [5.74, 6) is -1.24. The molecule has 0 fully saturated rings. The first kappa shape index (κ1) is 14.7. The number of likely N-dealkylation sites (N-methyl/N-ethyl adjacent to an activating group) is 1. The Morgan fingerprint density at radius 1 is 1.39 bits per heavy atom. The van der Waals surface area contributed by atoms with Gasteiger partial charge in [-0.15, -0.1) is 0 Å². The van der Waals surface area contributed by atoms with Gasteiger partial charge in [0.1, 0.15) is 6.54 Å². The summed E-state index contributed by atoms with van der Waals surface area (Å²) >= 11 is 3.36. The molecule has 0 radical (unpaired) electrons. The van der Waals surface area contributed by atoms with Crippen LogP contribution in [0.3, 0.4) is 0 Å². The number of hydrogen-bond acceptors (Lipinski definition) is 2. The zero-order valence-electron chi connectivity index (χ0n) is 10.6. The molecule has 0 aromatic heterocycles. The Morgan fingerprint density at radius 3 is 2.50 bits per heavy atom. The number of amides is 1. The molecule has 0 aliphatic carbocycles. The molecule has 0 aliphatic rings. The molecule has 0 bridgehead atoms. The van der Waals surface area contributed by atoms with E-state index < -0.39 is 11.4 Å². The quantitative estimate of drug-likeness (QED) is 0.927. The summed E-state index contributed by atoms with van der Waals surface area (Å²) in [5, 5.41) is 8.71. The number of benzene rings is 1. The SMILES string of the molecule is CN(CC(=O)O)C(=O)C(C)(C)c1cccc(Br)c1. The molecule has 1 N–H and O–H groups in total. The van der Waals surface area contributed by atoms with Gasteiger partial charge in [-0.2, -0.15) is 0 Å². The molecule has 0 spiro atoms. The molecule has 0 unspecified atom stereocenters. The Hall–Kier alpha value is -1.36. The van der Waals surface area contributed by atoms with E-state index in [0.29, 0.717) is 0 Å². The summed E-state index contributed by atoms with van der Waals surface area (Å²) in [7, 11) is 1.50. The predicted octanol–water partition coefficient (Wildman–Crippen LogP) is 2.27. The smallest absolute Gasteiger partial charge is 0.323 e. The first-order chi connectivity index (χ1) is 8.25. The fourth-order valence-corrected chi connectivity index (χ4v) is 2.15. The molecular weight excluding hydrogens is 298 g/mol. The summed E-state index contributed by atoms with van der Waals surface area (Å²) in [6, 6.07) is 7.46. The maximum Gasteiger partial charge on any atom is 0.323 e. The third-order valence-electron chi connectivity index (χ3n) is 2.80. The first-order valence-corrected chi connectivity index (χ1v) is 6.28. The van der Waals surface area contributed by atoms with Gasteiger partial charge in [0, 0.05) is 11.5 Å². The van der Waals surface area contributed by atoms with Gasteiger partial charge in [0.25, 0.3) is 0 Å². The van der Waals surface area contributed by atoms with Crippen molar-refractivity contribution >= 4 is 27.8 Å². The van der Waals surface area contributed by atoms with Crippen molar-refractivity contribution < 1.29 is 14.7 Å². The molecule has 1 aromatic rings. The van der Waals surface area contributed by atoms with E-state index in [9.17, 15) is 9.59 Å². The molecular formula is C13H16BrNO3. The van der Waals surface area contributed by atoms with Crippen LogP contribution in [-0.4, -0.2) is 35.5 Å². The van der Waals surface area contributed by atoms with Crippen molar-refractivity contribution in [2.75, 3.05) is 13.6 Å². The van der Waals surface area contributed by atoms with Crippen molar-refractivity contribution in [3.8, 4) is 0 Å². The van der Waals surface area contributed by atoms with Gasteiger partial charge < -0.3 is 10.0 Å². The highest BCUT2D eigenvalue weighted by Crippen LogP contribution is 2.27. The Kier molecular flexibility index (Phi) is 4.51. The van der Waals surface area contributed by atoms with E-state index in [2.05, 4.69) is 15.9 Å². The zero-order chi connectivity index (χ0) is 13.9. The summed E-state index contributed by atoms with van der Waals surface area (Å²) in [6.45, 7) is 3.28. The van der Waals surface area contributed by atoms with Gasteiger partial charge in [-0.3, -0.25) is 9.59 Å². The molecule has 0 aliphatic heterocycles. The van der Waals surface area contributed by atoms with Crippen LogP contribution in [0.15, 0.2) is 28.7 Å². The van der Waals surface area contributed by atoms with Gasteiger partial charge in [-0.1, -0.05) is 28.1 Å². The van der Waals surface area contributed by atoms with Crippen LogP contribution in [0.2, 0.25) is 0 Å². The van der Waals surface area contributed by atoms with Crippen LogP contribution in [-0.2, 0) is 15.0 Å². The van der Waals surface area contributed by atoms with Gasteiger partial charge in [-0.05, 0) is 31.5 Å². The fourth-order valence-electron chi connectivity index (χ4n) is 1.75. The lowest BCUT2D eigenvalue weighted by atomic mass is 9.83. The number of halogens is 1. The lowest BCUT2D eigenvalue weighted by Crippen LogP contribution is -2.43. The fraction of sp³-hybridized carbons (Fsp3) is 0.385. The molecule has 18 heavy (non-hydrogen) atoms. The van der Waals surface area contributed by atoms with E-state index in [0.717, 1.165) is 10.0 Å². The average Bonchev–Trinajstić information content (AvgIpc) is 2.27. The highest BCUT2D eigenvalue weighted by atomic mass is 79.9. The van der Waals surface area contributed by atoms with E-state index in [1.807, 2.05) is 24.3 Å². The number of carbonyl (C=O) groups excluding carboxylic acids is 1. The standard InChI is InChI=1S/C13H16BrNO3/c1-13(2,9-5-4-6-10(14)7-9)12(18)15(3)8-11(16)17/h4-7H,8H2,1-3H3,(H,16,17).